The third-order valence-corrected chi connectivity index (χ3v) is 5.45. The number of carbonyl (C=O) groups is 1. The number of halogens is 1. The van der Waals surface area contributed by atoms with Crippen LogP contribution in [0.15, 0.2) is 80.9 Å². The van der Waals surface area contributed by atoms with E-state index in [4.69, 9.17) is 30.4 Å². The van der Waals surface area contributed by atoms with Crippen molar-refractivity contribution in [2.45, 2.75) is 12.5 Å². The van der Waals surface area contributed by atoms with Crippen molar-refractivity contribution in [2.24, 2.45) is 5.10 Å². The number of nitrogens with zero attached hydrogens (tertiary/aromatic N) is 3. The second-order valence-electron chi connectivity index (χ2n) is 7.21. The summed E-state index contributed by atoms with van der Waals surface area (Å²) in [5, 5.41) is 16.1. The zero-order valence-electron chi connectivity index (χ0n) is 16.7. The van der Waals surface area contributed by atoms with Crippen LogP contribution in [0.3, 0.4) is 0 Å². The monoisotopic (exact) mass is 445 g/mol. The summed E-state index contributed by atoms with van der Waals surface area (Å²) >= 11 is 6.15. The Morgan fingerprint density at radius 2 is 2.09 bits per heavy atom. The molecule has 2 aromatic carbocycles. The van der Waals surface area contributed by atoms with Crippen LogP contribution in [0.5, 0.6) is 5.75 Å². The molecule has 0 saturated heterocycles. The molecule has 0 fully saturated rings. The summed E-state index contributed by atoms with van der Waals surface area (Å²) in [7, 11) is 0. The van der Waals surface area contributed by atoms with Crippen molar-refractivity contribution in [1.29, 1.82) is 5.26 Å². The fourth-order valence-corrected chi connectivity index (χ4v) is 3.84. The topological polar surface area (TPSA) is 92.0 Å². The molecule has 0 N–H and O–H groups in total. The first-order chi connectivity index (χ1) is 15.6. The Morgan fingerprint density at radius 3 is 2.84 bits per heavy atom. The van der Waals surface area contributed by atoms with Gasteiger partial charge in [-0.3, -0.25) is 4.79 Å². The zero-order chi connectivity index (χ0) is 22.1. The second kappa shape index (κ2) is 8.25. The lowest BCUT2D eigenvalue weighted by Crippen LogP contribution is -2.31. The third-order valence-electron chi connectivity index (χ3n) is 5.16. The quantitative estimate of drug-likeness (QED) is 0.415. The van der Waals surface area contributed by atoms with Gasteiger partial charge in [-0.25, -0.2) is 5.01 Å². The van der Waals surface area contributed by atoms with E-state index in [-0.39, 0.29) is 17.5 Å². The van der Waals surface area contributed by atoms with E-state index >= 15 is 0 Å². The summed E-state index contributed by atoms with van der Waals surface area (Å²) in [6.45, 7) is -0.278. The summed E-state index contributed by atoms with van der Waals surface area (Å²) < 4.78 is 17.1. The van der Waals surface area contributed by atoms with Crippen LogP contribution in [0.25, 0.3) is 11.0 Å². The highest BCUT2D eigenvalue weighted by Crippen LogP contribution is 2.34. The number of benzene rings is 2. The molecule has 0 radical (unpaired) electrons. The lowest BCUT2D eigenvalue weighted by Gasteiger charge is -2.20. The Bertz CT molecular complexity index is 1330. The average Bonchev–Trinajstić information content (AvgIpc) is 3.56. The SMILES string of the molecule is N#Cc1ccc(OCC(=O)N2N=C(c3cc4ccccc4o3)CC2c2ccco2)c(Cl)c1. The average molecular weight is 446 g/mol. The van der Waals surface area contributed by atoms with Gasteiger partial charge in [-0.05, 0) is 42.5 Å². The van der Waals surface area contributed by atoms with E-state index in [1.807, 2.05) is 36.4 Å². The molecular formula is C24H16ClN3O4. The van der Waals surface area contributed by atoms with Crippen LogP contribution in [0.4, 0.5) is 0 Å². The van der Waals surface area contributed by atoms with Crippen LogP contribution in [-0.4, -0.2) is 23.2 Å². The van der Waals surface area contributed by atoms with Crippen LogP contribution in [0.2, 0.25) is 5.02 Å². The molecule has 32 heavy (non-hydrogen) atoms. The van der Waals surface area contributed by atoms with Gasteiger partial charge in [-0.2, -0.15) is 10.4 Å². The van der Waals surface area contributed by atoms with Crippen LogP contribution >= 0.6 is 11.6 Å². The molecule has 1 aliphatic rings. The molecule has 5 rings (SSSR count). The smallest absolute Gasteiger partial charge is 0.281 e. The molecule has 7 nitrogen and oxygen atoms in total. The Labute approximate surface area is 188 Å². The van der Waals surface area contributed by atoms with E-state index in [9.17, 15) is 4.79 Å². The van der Waals surface area contributed by atoms with Gasteiger partial charge in [0, 0.05) is 11.8 Å². The van der Waals surface area contributed by atoms with Crippen molar-refractivity contribution in [3.05, 3.63) is 89.0 Å². The standard InChI is InChI=1S/C24H16ClN3O4/c25-17-10-15(13-26)7-8-21(17)31-14-24(29)28-19(22-6-3-9-30-22)12-18(27-28)23-11-16-4-1-2-5-20(16)32-23/h1-11,19H,12,14H2. The number of hydrogen-bond acceptors (Lipinski definition) is 6. The third kappa shape index (κ3) is 3.72. The maximum atomic E-state index is 13.0. The predicted octanol–water partition coefficient (Wildman–Crippen LogP) is 5.31. The van der Waals surface area contributed by atoms with Gasteiger partial charge in [-0.1, -0.05) is 29.8 Å². The predicted molar refractivity (Wildman–Crippen MR) is 117 cm³/mol. The molecule has 1 amide bonds. The van der Waals surface area contributed by atoms with E-state index in [0.29, 0.717) is 35.0 Å². The Kier molecular flexibility index (Phi) is 5.13. The summed E-state index contributed by atoms with van der Waals surface area (Å²) in [5.74, 6) is 1.17. The summed E-state index contributed by atoms with van der Waals surface area (Å²) in [5.41, 5.74) is 1.81. The molecule has 0 saturated carbocycles. The molecule has 0 aliphatic carbocycles. The van der Waals surface area contributed by atoms with Gasteiger partial charge in [0.2, 0.25) is 0 Å². The number of ether oxygens (including phenoxy) is 1. The molecular weight excluding hydrogens is 430 g/mol. The first kappa shape index (κ1) is 19.9. The molecule has 8 heteroatoms. The van der Waals surface area contributed by atoms with Crippen molar-refractivity contribution >= 4 is 34.2 Å². The first-order valence-electron chi connectivity index (χ1n) is 9.87. The van der Waals surface area contributed by atoms with Crippen molar-refractivity contribution in [2.75, 3.05) is 6.61 Å². The van der Waals surface area contributed by atoms with Crippen LogP contribution < -0.4 is 4.74 Å². The van der Waals surface area contributed by atoms with Gasteiger partial charge in [0.05, 0.1) is 22.9 Å². The van der Waals surface area contributed by atoms with Crippen molar-refractivity contribution < 1.29 is 18.4 Å². The van der Waals surface area contributed by atoms with Gasteiger partial charge in [-0.15, -0.1) is 0 Å². The fraction of sp³-hybridized carbons (Fsp3) is 0.125. The Morgan fingerprint density at radius 1 is 1.22 bits per heavy atom. The molecule has 1 unspecified atom stereocenters. The summed E-state index contributed by atoms with van der Waals surface area (Å²) in [6.07, 6.45) is 2.00. The van der Waals surface area contributed by atoms with Gasteiger partial charge >= 0.3 is 0 Å². The number of hydrogen-bond donors (Lipinski definition) is 0. The van der Waals surface area contributed by atoms with E-state index in [1.54, 1.807) is 30.5 Å². The molecule has 0 spiro atoms. The largest absolute Gasteiger partial charge is 0.482 e. The van der Waals surface area contributed by atoms with Crippen molar-refractivity contribution in [3.8, 4) is 11.8 Å². The molecule has 0 bridgehead atoms. The van der Waals surface area contributed by atoms with Gasteiger partial charge in [0.15, 0.2) is 12.4 Å². The molecule has 1 atom stereocenters. The van der Waals surface area contributed by atoms with Crippen LogP contribution in [0.1, 0.15) is 29.5 Å². The van der Waals surface area contributed by atoms with Gasteiger partial charge < -0.3 is 13.6 Å². The number of carbonyl (C=O) groups excluding carboxylic acids is 1. The van der Waals surface area contributed by atoms with Crippen LogP contribution in [-0.2, 0) is 4.79 Å². The van der Waals surface area contributed by atoms with E-state index in [1.165, 1.54) is 11.1 Å². The number of fused-ring (bicyclic) bond motifs is 1. The highest BCUT2D eigenvalue weighted by Gasteiger charge is 2.36. The minimum Gasteiger partial charge on any atom is -0.482 e. The number of rotatable bonds is 5. The fourth-order valence-electron chi connectivity index (χ4n) is 3.61. The van der Waals surface area contributed by atoms with Gasteiger partial charge in [0.1, 0.15) is 28.8 Å². The zero-order valence-corrected chi connectivity index (χ0v) is 17.5. The first-order valence-corrected chi connectivity index (χ1v) is 10.2. The Hall–Kier alpha value is -4.02. The number of nitriles is 1. The highest BCUT2D eigenvalue weighted by molar-refractivity contribution is 6.32. The number of furan rings is 2. The Balaban J connectivity index is 1.40. The number of amides is 1. The number of hydrazone groups is 1. The van der Waals surface area contributed by atoms with Gasteiger partial charge in [0.25, 0.3) is 5.91 Å². The van der Waals surface area contributed by atoms with Crippen molar-refractivity contribution in [3.63, 3.8) is 0 Å². The van der Waals surface area contributed by atoms with E-state index < -0.39 is 6.04 Å². The lowest BCUT2D eigenvalue weighted by atomic mass is 10.1. The van der Waals surface area contributed by atoms with E-state index in [2.05, 4.69) is 5.10 Å². The van der Waals surface area contributed by atoms with Crippen LogP contribution in [0, 0.1) is 11.3 Å². The normalized spacial score (nSPS) is 15.6. The molecule has 2 aromatic heterocycles. The number of para-hydroxylation sites is 1. The summed E-state index contributed by atoms with van der Waals surface area (Å²) in [6, 6.07) is 19.4. The van der Waals surface area contributed by atoms with E-state index in [0.717, 1.165) is 11.0 Å². The maximum absolute atomic E-state index is 13.0. The van der Waals surface area contributed by atoms with Crippen molar-refractivity contribution in [1.82, 2.24) is 5.01 Å². The summed E-state index contributed by atoms with van der Waals surface area (Å²) in [4.78, 5) is 13.0. The lowest BCUT2D eigenvalue weighted by molar-refractivity contribution is -0.135. The molecule has 3 heterocycles. The highest BCUT2D eigenvalue weighted by atomic mass is 35.5. The minimum atomic E-state index is -0.416. The minimum absolute atomic E-state index is 0.257. The molecule has 4 aromatic rings. The maximum Gasteiger partial charge on any atom is 0.281 e. The molecule has 158 valence electrons. The molecule has 1 aliphatic heterocycles. The second-order valence-corrected chi connectivity index (χ2v) is 7.62.